The van der Waals surface area contributed by atoms with Crippen molar-refractivity contribution in [3.05, 3.63) is 35.9 Å². The van der Waals surface area contributed by atoms with Crippen LogP contribution < -0.4 is 0 Å². The number of aliphatic hydroxyl groups is 1. The zero-order valence-corrected chi connectivity index (χ0v) is 12.6. The lowest BCUT2D eigenvalue weighted by molar-refractivity contribution is -0.127. The summed E-state index contributed by atoms with van der Waals surface area (Å²) in [4.78, 5) is 0. The van der Waals surface area contributed by atoms with Crippen molar-refractivity contribution in [1.82, 2.24) is 0 Å². The molecule has 1 N–H and O–H groups in total. The van der Waals surface area contributed by atoms with Crippen molar-refractivity contribution in [1.29, 1.82) is 0 Å². The third-order valence-electron chi connectivity index (χ3n) is 4.02. The highest BCUT2D eigenvalue weighted by molar-refractivity contribution is 5.14. The fourth-order valence-electron chi connectivity index (χ4n) is 2.72. The quantitative estimate of drug-likeness (QED) is 0.731. The third kappa shape index (κ3) is 4.63. The van der Waals surface area contributed by atoms with Crippen LogP contribution in [0.15, 0.2) is 30.3 Å². The summed E-state index contributed by atoms with van der Waals surface area (Å²) in [5.74, 6) is 0. The molecule has 0 saturated heterocycles. The molecule has 1 aromatic carbocycles. The van der Waals surface area contributed by atoms with Crippen LogP contribution in [0.1, 0.15) is 52.0 Å². The molecule has 1 unspecified atom stereocenters. The number of rotatable bonds is 9. The molecule has 0 fully saturated rings. The highest BCUT2D eigenvalue weighted by Crippen LogP contribution is 2.28. The lowest BCUT2D eigenvalue weighted by atomic mass is 9.87. The Morgan fingerprint density at radius 3 is 2.26 bits per heavy atom. The molecule has 0 heterocycles. The maximum atomic E-state index is 10.4. The molecule has 2 heteroatoms. The van der Waals surface area contributed by atoms with Crippen molar-refractivity contribution in [3.8, 4) is 0 Å². The van der Waals surface area contributed by atoms with Gasteiger partial charge < -0.3 is 9.84 Å². The Morgan fingerprint density at radius 2 is 1.74 bits per heavy atom. The van der Waals surface area contributed by atoms with Crippen LogP contribution in [0.2, 0.25) is 0 Å². The molecule has 0 amide bonds. The van der Waals surface area contributed by atoms with Gasteiger partial charge in [-0.3, -0.25) is 0 Å². The van der Waals surface area contributed by atoms with E-state index in [1.807, 2.05) is 13.0 Å². The second-order valence-electron chi connectivity index (χ2n) is 5.10. The van der Waals surface area contributed by atoms with Crippen molar-refractivity contribution < 1.29 is 9.84 Å². The maximum absolute atomic E-state index is 10.4. The number of ether oxygens (including phenoxy) is 1. The maximum Gasteiger partial charge on any atom is 0.0934 e. The number of hydrogen-bond acceptors (Lipinski definition) is 2. The zero-order valence-electron chi connectivity index (χ0n) is 12.6. The molecule has 0 aliphatic carbocycles. The van der Waals surface area contributed by atoms with Crippen LogP contribution in [0, 0.1) is 0 Å². The van der Waals surface area contributed by atoms with E-state index in [4.69, 9.17) is 4.74 Å². The molecular weight excluding hydrogens is 236 g/mol. The summed E-state index contributed by atoms with van der Waals surface area (Å²) < 4.78 is 5.84. The molecule has 108 valence electrons. The molecule has 0 aliphatic rings. The first-order valence-electron chi connectivity index (χ1n) is 7.54. The first-order valence-corrected chi connectivity index (χ1v) is 7.54. The minimum Gasteiger partial charge on any atom is -0.390 e. The standard InChI is InChI=1S/C17H28O2/c1-4-17(5-2,19-6-3)16(18)14-10-13-15-11-8-7-9-12-15/h7-9,11-12,16,18H,4-6,10,13-14H2,1-3H3. The van der Waals surface area contributed by atoms with Crippen LogP contribution >= 0.6 is 0 Å². The van der Waals surface area contributed by atoms with Crippen molar-refractivity contribution in [2.24, 2.45) is 0 Å². The van der Waals surface area contributed by atoms with Crippen LogP contribution in [0.3, 0.4) is 0 Å². The summed E-state index contributed by atoms with van der Waals surface area (Å²) >= 11 is 0. The van der Waals surface area contributed by atoms with Gasteiger partial charge in [0, 0.05) is 6.61 Å². The van der Waals surface area contributed by atoms with Crippen LogP contribution in [0.25, 0.3) is 0 Å². The van der Waals surface area contributed by atoms with Crippen molar-refractivity contribution in [2.45, 2.75) is 64.6 Å². The molecule has 0 spiro atoms. The first-order chi connectivity index (χ1) is 9.18. The van der Waals surface area contributed by atoms with E-state index < -0.39 is 0 Å². The van der Waals surface area contributed by atoms with Crippen molar-refractivity contribution >= 4 is 0 Å². The summed E-state index contributed by atoms with van der Waals surface area (Å²) in [6.07, 6.45) is 4.18. The van der Waals surface area contributed by atoms with Gasteiger partial charge in [0.1, 0.15) is 0 Å². The molecule has 0 aromatic heterocycles. The average molecular weight is 264 g/mol. The highest BCUT2D eigenvalue weighted by atomic mass is 16.5. The van der Waals surface area contributed by atoms with Gasteiger partial charge in [-0.2, -0.15) is 0 Å². The Labute approximate surface area is 117 Å². The summed E-state index contributed by atoms with van der Waals surface area (Å²) in [6.45, 7) is 6.85. The fourth-order valence-corrected chi connectivity index (χ4v) is 2.72. The lowest BCUT2D eigenvalue weighted by Gasteiger charge is -2.36. The van der Waals surface area contributed by atoms with Gasteiger partial charge in [-0.05, 0) is 44.6 Å². The Kier molecular flexibility index (Phi) is 7.11. The number of aryl methyl sites for hydroxylation is 1. The minimum atomic E-state index is -0.369. The molecule has 0 saturated carbocycles. The first kappa shape index (κ1) is 16.2. The molecule has 0 radical (unpaired) electrons. The van der Waals surface area contributed by atoms with E-state index in [0.29, 0.717) is 6.61 Å². The third-order valence-corrected chi connectivity index (χ3v) is 4.02. The molecule has 1 aromatic rings. The van der Waals surface area contributed by atoms with Gasteiger partial charge >= 0.3 is 0 Å². The smallest absolute Gasteiger partial charge is 0.0934 e. The topological polar surface area (TPSA) is 29.5 Å². The number of benzene rings is 1. The van der Waals surface area contributed by atoms with Crippen LogP contribution in [0.5, 0.6) is 0 Å². The molecule has 19 heavy (non-hydrogen) atoms. The van der Waals surface area contributed by atoms with E-state index in [0.717, 1.165) is 32.1 Å². The van der Waals surface area contributed by atoms with E-state index in [1.54, 1.807) is 0 Å². The molecule has 1 rings (SSSR count). The van der Waals surface area contributed by atoms with E-state index in [1.165, 1.54) is 5.56 Å². The summed E-state index contributed by atoms with van der Waals surface area (Å²) in [7, 11) is 0. The molecule has 0 bridgehead atoms. The zero-order chi connectivity index (χ0) is 14.1. The Hall–Kier alpha value is -0.860. The monoisotopic (exact) mass is 264 g/mol. The Balaban J connectivity index is 2.46. The Morgan fingerprint density at radius 1 is 1.11 bits per heavy atom. The van der Waals surface area contributed by atoms with Crippen LogP contribution in [-0.4, -0.2) is 23.4 Å². The molecule has 0 aliphatic heterocycles. The van der Waals surface area contributed by atoms with Gasteiger partial charge in [-0.25, -0.2) is 0 Å². The lowest BCUT2D eigenvalue weighted by Crippen LogP contribution is -2.44. The predicted molar refractivity (Wildman–Crippen MR) is 80.3 cm³/mol. The second-order valence-corrected chi connectivity index (χ2v) is 5.10. The molecular formula is C17H28O2. The SMILES string of the molecule is CCOC(CC)(CC)C(O)CCCc1ccccc1. The normalized spacial score (nSPS) is 13.5. The molecule has 1 atom stereocenters. The van der Waals surface area contributed by atoms with Gasteiger partial charge in [0.25, 0.3) is 0 Å². The summed E-state index contributed by atoms with van der Waals surface area (Å²) in [6, 6.07) is 10.4. The van der Waals surface area contributed by atoms with Gasteiger partial charge in [-0.1, -0.05) is 44.2 Å². The van der Waals surface area contributed by atoms with Gasteiger partial charge in [0.15, 0.2) is 0 Å². The van der Waals surface area contributed by atoms with Gasteiger partial charge in [-0.15, -0.1) is 0 Å². The largest absolute Gasteiger partial charge is 0.390 e. The second kappa shape index (κ2) is 8.34. The Bertz CT molecular complexity index is 330. The minimum absolute atomic E-state index is 0.356. The van der Waals surface area contributed by atoms with Crippen LogP contribution in [-0.2, 0) is 11.2 Å². The number of hydrogen-bond donors (Lipinski definition) is 1. The summed E-state index contributed by atoms with van der Waals surface area (Å²) in [5, 5.41) is 10.4. The van der Waals surface area contributed by atoms with E-state index >= 15 is 0 Å². The van der Waals surface area contributed by atoms with Crippen molar-refractivity contribution in [2.75, 3.05) is 6.61 Å². The van der Waals surface area contributed by atoms with Gasteiger partial charge in [0.2, 0.25) is 0 Å². The fraction of sp³-hybridized carbons (Fsp3) is 0.647. The number of aliphatic hydroxyl groups excluding tert-OH is 1. The average Bonchev–Trinajstić information content (AvgIpc) is 2.46. The highest BCUT2D eigenvalue weighted by Gasteiger charge is 2.34. The van der Waals surface area contributed by atoms with Gasteiger partial charge in [0.05, 0.1) is 11.7 Å². The molecule has 2 nitrogen and oxygen atoms in total. The van der Waals surface area contributed by atoms with E-state index in [2.05, 4.69) is 38.1 Å². The predicted octanol–water partition coefficient (Wildman–Crippen LogP) is 3.97. The van der Waals surface area contributed by atoms with E-state index in [9.17, 15) is 5.11 Å². The van der Waals surface area contributed by atoms with Crippen molar-refractivity contribution in [3.63, 3.8) is 0 Å². The summed E-state index contributed by atoms with van der Waals surface area (Å²) in [5.41, 5.74) is 0.982. The van der Waals surface area contributed by atoms with E-state index in [-0.39, 0.29) is 11.7 Å². The van der Waals surface area contributed by atoms with Crippen LogP contribution in [0.4, 0.5) is 0 Å².